The van der Waals surface area contributed by atoms with Gasteiger partial charge in [-0.15, -0.1) is 10.2 Å². The van der Waals surface area contributed by atoms with E-state index >= 15 is 0 Å². The molecule has 1 atom stereocenters. The summed E-state index contributed by atoms with van der Waals surface area (Å²) in [5.74, 6) is 1.93. The summed E-state index contributed by atoms with van der Waals surface area (Å²) in [7, 11) is 0. The predicted octanol–water partition coefficient (Wildman–Crippen LogP) is 5.39. The van der Waals surface area contributed by atoms with Gasteiger partial charge in [0.15, 0.2) is 0 Å². The summed E-state index contributed by atoms with van der Waals surface area (Å²) in [5, 5.41) is 11.9. The molecule has 1 aliphatic heterocycles. The van der Waals surface area contributed by atoms with Crippen LogP contribution in [0.1, 0.15) is 86.3 Å². The number of hydrogen-bond acceptors (Lipinski definition) is 5. The summed E-state index contributed by atoms with van der Waals surface area (Å²) < 4.78 is 42.3. The zero-order valence-corrected chi connectivity index (χ0v) is 20.5. The molecule has 1 fully saturated rings. The maximum Gasteiger partial charge on any atom is 0.416 e. The van der Waals surface area contributed by atoms with Gasteiger partial charge in [0.05, 0.1) is 30.4 Å². The van der Waals surface area contributed by atoms with E-state index in [0.29, 0.717) is 30.2 Å². The lowest BCUT2D eigenvalue weighted by atomic mass is 9.97. The Morgan fingerprint density at radius 1 is 1.14 bits per heavy atom. The van der Waals surface area contributed by atoms with Crippen molar-refractivity contribution in [3.63, 3.8) is 0 Å². The van der Waals surface area contributed by atoms with Crippen molar-refractivity contribution in [1.82, 2.24) is 24.5 Å². The van der Waals surface area contributed by atoms with Crippen LogP contribution in [0.25, 0.3) is 5.78 Å². The van der Waals surface area contributed by atoms with E-state index in [4.69, 9.17) is 4.98 Å². The molecule has 0 saturated heterocycles. The number of alkyl halides is 3. The molecule has 35 heavy (non-hydrogen) atoms. The first-order valence-corrected chi connectivity index (χ1v) is 11.9. The van der Waals surface area contributed by atoms with Crippen LogP contribution in [0, 0.1) is 12.3 Å². The van der Waals surface area contributed by atoms with Crippen LogP contribution in [0.5, 0.6) is 0 Å². The van der Waals surface area contributed by atoms with Crippen LogP contribution in [0.4, 0.5) is 19.0 Å². The molecule has 7 nitrogen and oxygen atoms in total. The van der Waals surface area contributed by atoms with Crippen molar-refractivity contribution in [3.8, 4) is 0 Å². The highest BCUT2D eigenvalue weighted by atomic mass is 19.4. The fourth-order valence-electron chi connectivity index (χ4n) is 4.95. The molecule has 0 radical (unpaired) electrons. The Kier molecular flexibility index (Phi) is 5.34. The molecule has 0 unspecified atom stereocenters. The first-order chi connectivity index (χ1) is 16.4. The molecular formula is C25H29F3N6O. The smallest absolute Gasteiger partial charge is 0.363 e. The topological polar surface area (TPSA) is 75.4 Å². The fraction of sp³-hybridized carbons (Fsp3) is 0.520. The molecule has 2 aliphatic rings. The quantitative estimate of drug-likeness (QED) is 0.523. The van der Waals surface area contributed by atoms with Gasteiger partial charge in [-0.2, -0.15) is 18.2 Å². The van der Waals surface area contributed by atoms with Crippen molar-refractivity contribution in [3.05, 3.63) is 52.0 Å². The van der Waals surface area contributed by atoms with Crippen LogP contribution >= 0.6 is 0 Å². The number of nitrogens with zero attached hydrogens (tertiary/aromatic N) is 5. The molecule has 0 bridgehead atoms. The molecule has 5 rings (SSSR count). The second-order valence-corrected chi connectivity index (χ2v) is 10.3. The Hall–Kier alpha value is -3.17. The number of aromatic nitrogens is 4. The van der Waals surface area contributed by atoms with E-state index in [1.165, 1.54) is 13.0 Å². The van der Waals surface area contributed by atoms with E-state index in [9.17, 15) is 18.0 Å². The first-order valence-electron chi connectivity index (χ1n) is 11.9. The van der Waals surface area contributed by atoms with Gasteiger partial charge >= 0.3 is 6.18 Å². The van der Waals surface area contributed by atoms with E-state index < -0.39 is 17.8 Å². The summed E-state index contributed by atoms with van der Waals surface area (Å²) >= 11 is 0. The zero-order valence-electron chi connectivity index (χ0n) is 20.5. The molecule has 1 amide bonds. The van der Waals surface area contributed by atoms with Crippen LogP contribution in [-0.2, 0) is 24.1 Å². The van der Waals surface area contributed by atoms with E-state index in [-0.39, 0.29) is 22.8 Å². The summed E-state index contributed by atoms with van der Waals surface area (Å²) in [4.78, 5) is 19.7. The summed E-state index contributed by atoms with van der Waals surface area (Å²) in [5.41, 5.74) is 1.52. The largest absolute Gasteiger partial charge is 0.416 e. The number of carbonyl (C=O) groups is 1. The average molecular weight is 487 g/mol. The zero-order chi connectivity index (χ0) is 25.3. The molecular weight excluding hydrogens is 457 g/mol. The highest BCUT2D eigenvalue weighted by Gasteiger charge is 2.48. The van der Waals surface area contributed by atoms with Crippen molar-refractivity contribution in [1.29, 1.82) is 0 Å². The number of carbonyl (C=O) groups excluding carboxylic acids is 1. The van der Waals surface area contributed by atoms with Gasteiger partial charge in [-0.3, -0.25) is 9.20 Å². The van der Waals surface area contributed by atoms with Gasteiger partial charge < -0.3 is 10.2 Å². The highest BCUT2D eigenvalue weighted by Crippen LogP contribution is 2.48. The number of anilines is 1. The summed E-state index contributed by atoms with van der Waals surface area (Å²) in [6, 6.07) is 3.77. The number of amides is 1. The molecule has 1 N–H and O–H groups in total. The highest BCUT2D eigenvalue weighted by molar-refractivity contribution is 5.85. The maximum atomic E-state index is 13.5. The third-order valence-corrected chi connectivity index (χ3v) is 7.30. The number of nitrogens with one attached hydrogen (secondary N) is 1. The fourth-order valence-corrected chi connectivity index (χ4v) is 4.95. The van der Waals surface area contributed by atoms with Crippen molar-refractivity contribution < 1.29 is 18.0 Å². The second kappa shape index (κ2) is 7.93. The molecule has 3 aromatic rings. The average Bonchev–Trinajstić information content (AvgIpc) is 3.19. The molecule has 1 aliphatic carbocycles. The Morgan fingerprint density at radius 3 is 2.49 bits per heavy atom. The van der Waals surface area contributed by atoms with Crippen molar-refractivity contribution >= 4 is 17.5 Å². The van der Waals surface area contributed by atoms with Crippen LogP contribution in [0.15, 0.2) is 18.2 Å². The monoisotopic (exact) mass is 486 g/mol. The Morgan fingerprint density at radius 2 is 1.86 bits per heavy atom. The molecule has 10 heteroatoms. The normalized spacial score (nSPS) is 17.7. The van der Waals surface area contributed by atoms with Gasteiger partial charge in [0.25, 0.3) is 5.78 Å². The van der Waals surface area contributed by atoms with E-state index in [0.717, 1.165) is 36.0 Å². The van der Waals surface area contributed by atoms with Crippen LogP contribution in [0.2, 0.25) is 0 Å². The molecule has 186 valence electrons. The lowest BCUT2D eigenvalue weighted by Crippen LogP contribution is -2.31. The van der Waals surface area contributed by atoms with Crippen molar-refractivity contribution in [2.45, 2.75) is 78.7 Å². The molecule has 1 aromatic carbocycles. The Bertz CT molecular complexity index is 1320. The molecule has 2 aromatic heterocycles. The van der Waals surface area contributed by atoms with Gasteiger partial charge in [-0.1, -0.05) is 32.9 Å². The number of rotatable bonds is 5. The number of benzene rings is 1. The second-order valence-electron chi connectivity index (χ2n) is 10.3. The number of fused-ring (bicyclic) bond motifs is 3. The van der Waals surface area contributed by atoms with Gasteiger partial charge in [-0.05, 0) is 43.9 Å². The Balaban J connectivity index is 1.56. The van der Waals surface area contributed by atoms with Gasteiger partial charge in [0, 0.05) is 16.9 Å². The minimum atomic E-state index is -4.42. The van der Waals surface area contributed by atoms with Crippen molar-refractivity contribution in [2.75, 3.05) is 5.32 Å². The summed E-state index contributed by atoms with van der Waals surface area (Å²) in [6.45, 7) is 10.1. The van der Waals surface area contributed by atoms with E-state index in [1.54, 1.807) is 6.07 Å². The molecule has 3 heterocycles. The maximum absolute atomic E-state index is 13.5. The number of hydrogen-bond donors (Lipinski definition) is 1. The van der Waals surface area contributed by atoms with Crippen LogP contribution in [0.3, 0.4) is 0 Å². The van der Waals surface area contributed by atoms with Crippen LogP contribution < -0.4 is 5.32 Å². The Labute approximate surface area is 201 Å². The van der Waals surface area contributed by atoms with E-state index in [2.05, 4.69) is 15.5 Å². The minimum absolute atomic E-state index is 0.104. The molecule has 1 saturated carbocycles. The number of halogens is 3. The van der Waals surface area contributed by atoms with Gasteiger partial charge in [-0.25, -0.2) is 0 Å². The standard InChI is InChI=1S/C25H29F3N6O/c1-13(2)21-31-32-23-30-20(29-15(4)16-7-6-8-18(14(16)3)25(26,27)28)17-11-33(12-19(17)34(21)23)22(35)24(5)9-10-24/h6-8,13,15H,9-12H2,1-5H3,(H,29,30,32)/t15-/m1/s1. The SMILES string of the molecule is Cc1c([C@@H](C)Nc2nc3nnc(C(C)C)n3c3c2CN(C(=O)C2(C)CC2)C3)cccc1C(F)(F)F. The van der Waals surface area contributed by atoms with Crippen molar-refractivity contribution in [2.24, 2.45) is 5.41 Å². The lowest BCUT2D eigenvalue weighted by Gasteiger charge is -2.22. The minimum Gasteiger partial charge on any atom is -0.363 e. The lowest BCUT2D eigenvalue weighted by molar-refractivity contribution is -0.138. The van der Waals surface area contributed by atoms with Gasteiger partial charge in [0.2, 0.25) is 5.91 Å². The van der Waals surface area contributed by atoms with Gasteiger partial charge in [0.1, 0.15) is 11.6 Å². The third kappa shape index (κ3) is 3.92. The first kappa shape index (κ1) is 23.6. The predicted molar refractivity (Wildman–Crippen MR) is 125 cm³/mol. The third-order valence-electron chi connectivity index (χ3n) is 7.30. The van der Waals surface area contributed by atoms with Crippen LogP contribution in [-0.4, -0.2) is 30.4 Å². The van der Waals surface area contributed by atoms with E-state index in [1.807, 2.05) is 37.0 Å². The summed E-state index contributed by atoms with van der Waals surface area (Å²) in [6.07, 6.45) is -2.66. The molecule has 0 spiro atoms.